The minimum absolute atomic E-state index is 0.0107. The molecule has 10 nitrogen and oxygen atoms in total. The van der Waals surface area contributed by atoms with Crippen LogP contribution in [0.3, 0.4) is 0 Å². The van der Waals surface area contributed by atoms with Gasteiger partial charge in [0.1, 0.15) is 17.1 Å². The van der Waals surface area contributed by atoms with E-state index in [4.69, 9.17) is 14.2 Å². The predicted octanol–water partition coefficient (Wildman–Crippen LogP) is 2.88. The average Bonchev–Trinajstić information content (AvgIpc) is 2.72. The molecule has 31 heavy (non-hydrogen) atoms. The van der Waals surface area contributed by atoms with Gasteiger partial charge in [-0.25, -0.2) is 4.79 Å². The number of ether oxygens (including phenoxy) is 3. The van der Waals surface area contributed by atoms with Gasteiger partial charge in [0, 0.05) is 17.2 Å². The van der Waals surface area contributed by atoms with Gasteiger partial charge in [-0.3, -0.25) is 0 Å². The lowest BCUT2D eigenvalue weighted by molar-refractivity contribution is -0.604. The fraction of sp³-hybridized carbons (Fsp3) is 0.190. The quantitative estimate of drug-likeness (QED) is 0.465. The van der Waals surface area contributed by atoms with Gasteiger partial charge in [0.15, 0.2) is 12.4 Å². The number of hydrogen-bond acceptors (Lipinski definition) is 8. The fourth-order valence-electron chi connectivity index (χ4n) is 2.43. The summed E-state index contributed by atoms with van der Waals surface area (Å²) in [4.78, 5) is 29.4. The van der Waals surface area contributed by atoms with Crippen LogP contribution in [0.25, 0.3) is 11.1 Å². The molecule has 0 saturated heterocycles. The van der Waals surface area contributed by atoms with Crippen LogP contribution in [0.1, 0.15) is 24.2 Å². The van der Waals surface area contributed by atoms with E-state index in [1.807, 2.05) is 0 Å². The Morgan fingerprint density at radius 1 is 1.03 bits per heavy atom. The molecule has 0 radical (unpaired) electrons. The highest BCUT2D eigenvalue weighted by Gasteiger charge is 2.21. The summed E-state index contributed by atoms with van der Waals surface area (Å²) in [7, 11) is 2.84. The Bertz CT molecular complexity index is 1060. The van der Waals surface area contributed by atoms with Crippen LogP contribution < -0.4 is 18.9 Å². The van der Waals surface area contributed by atoms with Crippen LogP contribution in [-0.4, -0.2) is 41.0 Å². The largest absolute Gasteiger partial charge is 0.619 e. The van der Waals surface area contributed by atoms with Gasteiger partial charge in [0.2, 0.25) is 11.8 Å². The fourth-order valence-corrected chi connectivity index (χ4v) is 2.43. The van der Waals surface area contributed by atoms with Gasteiger partial charge in [0.25, 0.3) is 0 Å². The van der Waals surface area contributed by atoms with Crippen LogP contribution in [0.5, 0.6) is 23.5 Å². The number of Topliss-reactive ketones (excluding diaryl/α,β-unsaturated/α-hetero) is 1. The average molecular weight is 427 g/mol. The molecule has 0 aliphatic carbocycles. The molecule has 3 rings (SSSR count). The van der Waals surface area contributed by atoms with Crippen molar-refractivity contribution in [2.24, 2.45) is 0 Å². The van der Waals surface area contributed by atoms with Gasteiger partial charge in [-0.15, -0.1) is 0 Å². The van der Waals surface area contributed by atoms with Crippen LogP contribution in [-0.2, 0) is 4.79 Å². The van der Waals surface area contributed by atoms with Crippen molar-refractivity contribution in [1.82, 2.24) is 9.97 Å². The molecule has 10 heteroatoms. The van der Waals surface area contributed by atoms with Crippen molar-refractivity contribution in [3.05, 3.63) is 59.6 Å². The number of pyridine rings is 1. The maximum atomic E-state index is 11.9. The predicted molar refractivity (Wildman–Crippen MR) is 109 cm³/mol. The normalized spacial score (nSPS) is 9.81. The topological polar surface area (TPSA) is 135 Å². The molecule has 0 atom stereocenters. The Labute approximate surface area is 178 Å². The molecule has 0 unspecified atom stereocenters. The molecule has 0 aliphatic heterocycles. The first kappa shape index (κ1) is 23.1. The third-order valence-electron chi connectivity index (χ3n) is 3.60. The number of hydrogen-bond donors (Lipinski definition) is 1. The number of benzene rings is 1. The van der Waals surface area contributed by atoms with Crippen molar-refractivity contribution >= 4 is 11.8 Å². The van der Waals surface area contributed by atoms with Crippen LogP contribution >= 0.6 is 0 Å². The summed E-state index contributed by atoms with van der Waals surface area (Å²) in [5.41, 5.74) is 0.619. The number of rotatable bonds is 6. The summed E-state index contributed by atoms with van der Waals surface area (Å²) >= 11 is 0. The zero-order chi connectivity index (χ0) is 23.0. The highest BCUT2D eigenvalue weighted by atomic mass is 16.5. The van der Waals surface area contributed by atoms with Crippen molar-refractivity contribution in [3.63, 3.8) is 0 Å². The van der Waals surface area contributed by atoms with Gasteiger partial charge >= 0.3 is 12.0 Å². The van der Waals surface area contributed by atoms with Gasteiger partial charge in [-0.05, 0) is 26.0 Å². The number of carboxylic acids is 1. The van der Waals surface area contributed by atoms with E-state index in [1.165, 1.54) is 58.7 Å². The zero-order valence-electron chi connectivity index (χ0n) is 17.4. The summed E-state index contributed by atoms with van der Waals surface area (Å²) in [5.74, 6) is -0.658. The van der Waals surface area contributed by atoms with E-state index in [9.17, 15) is 19.9 Å². The first-order chi connectivity index (χ1) is 14.7. The first-order valence-corrected chi connectivity index (χ1v) is 8.92. The number of methoxy groups -OCH3 is 2. The Kier molecular flexibility index (Phi) is 7.84. The van der Waals surface area contributed by atoms with E-state index in [1.54, 1.807) is 18.2 Å². The minimum Gasteiger partial charge on any atom is -0.619 e. The highest BCUT2D eigenvalue weighted by Crippen LogP contribution is 2.33. The van der Waals surface area contributed by atoms with Gasteiger partial charge in [-0.1, -0.05) is 12.1 Å². The number of carboxylic acid groups (broad SMARTS) is 1. The molecule has 1 aromatic carbocycles. The molecule has 2 aromatic heterocycles. The molecule has 0 saturated carbocycles. The van der Waals surface area contributed by atoms with E-state index in [0.717, 1.165) is 0 Å². The number of carbonyl (C=O) groups excluding carboxylic acids is 1. The van der Waals surface area contributed by atoms with Crippen molar-refractivity contribution < 1.29 is 33.6 Å². The maximum absolute atomic E-state index is 11.9. The number of aromatic carboxylic acids is 1. The van der Waals surface area contributed by atoms with E-state index in [0.29, 0.717) is 15.9 Å². The minimum atomic E-state index is -1.23. The molecule has 2 heterocycles. The molecular formula is C21H21N3O7. The lowest BCUT2D eigenvalue weighted by Gasteiger charge is -2.12. The van der Waals surface area contributed by atoms with Crippen molar-refractivity contribution in [3.8, 4) is 34.6 Å². The Hall–Kier alpha value is -4.21. The summed E-state index contributed by atoms with van der Waals surface area (Å²) < 4.78 is 16.3. The molecule has 0 aliphatic rings. The lowest BCUT2D eigenvalue weighted by atomic mass is 10.0. The SMILES string of the molecule is CC(C)=O.COc1cc(OC)nc(Oc2cccc(-c3ccc[n+]([O-])c3)c2C(=O)O)n1. The van der Waals surface area contributed by atoms with Gasteiger partial charge < -0.3 is 29.3 Å². The zero-order valence-corrected chi connectivity index (χ0v) is 17.4. The van der Waals surface area contributed by atoms with Crippen LogP contribution in [0.2, 0.25) is 0 Å². The number of ketones is 1. The second-order valence-corrected chi connectivity index (χ2v) is 6.18. The third kappa shape index (κ3) is 6.39. The molecule has 0 fully saturated rings. The first-order valence-electron chi connectivity index (χ1n) is 8.92. The molecule has 1 N–H and O–H groups in total. The smallest absolute Gasteiger partial charge is 0.340 e. The van der Waals surface area contributed by atoms with E-state index in [2.05, 4.69) is 9.97 Å². The van der Waals surface area contributed by atoms with Crippen molar-refractivity contribution in [1.29, 1.82) is 0 Å². The lowest BCUT2D eigenvalue weighted by Crippen LogP contribution is -2.24. The molecule has 0 amide bonds. The number of carbonyl (C=O) groups is 2. The van der Waals surface area contributed by atoms with Crippen LogP contribution in [0.4, 0.5) is 0 Å². The third-order valence-corrected chi connectivity index (χ3v) is 3.60. The number of aromatic nitrogens is 3. The van der Waals surface area contributed by atoms with E-state index in [-0.39, 0.29) is 34.9 Å². The van der Waals surface area contributed by atoms with Crippen LogP contribution in [0, 0.1) is 5.21 Å². The monoisotopic (exact) mass is 427 g/mol. The summed E-state index contributed by atoms with van der Waals surface area (Å²) in [6.07, 6.45) is 2.58. The van der Waals surface area contributed by atoms with Crippen LogP contribution in [0.15, 0.2) is 48.8 Å². The summed E-state index contributed by atoms with van der Waals surface area (Å²) in [6.45, 7) is 3.06. The molecule has 0 spiro atoms. The van der Waals surface area contributed by atoms with Crippen molar-refractivity contribution in [2.75, 3.05) is 14.2 Å². The molecule has 162 valence electrons. The Morgan fingerprint density at radius 3 is 2.16 bits per heavy atom. The molecule has 0 bridgehead atoms. The van der Waals surface area contributed by atoms with E-state index >= 15 is 0 Å². The Morgan fingerprint density at radius 2 is 1.65 bits per heavy atom. The maximum Gasteiger partial charge on any atom is 0.340 e. The molecular weight excluding hydrogens is 406 g/mol. The second kappa shape index (κ2) is 10.5. The summed E-state index contributed by atoms with van der Waals surface area (Å²) in [6, 6.07) is 9.13. The second-order valence-electron chi connectivity index (χ2n) is 6.18. The van der Waals surface area contributed by atoms with E-state index < -0.39 is 5.97 Å². The highest BCUT2D eigenvalue weighted by molar-refractivity contribution is 5.98. The summed E-state index contributed by atoms with van der Waals surface area (Å²) in [5, 5.41) is 21.3. The van der Waals surface area contributed by atoms with Crippen molar-refractivity contribution in [2.45, 2.75) is 13.8 Å². The standard InChI is InChI=1S/C18H15N3O6.C3H6O/c1-25-14-9-15(26-2)20-18(19-14)27-13-7-3-6-12(16(13)17(22)23)11-5-4-8-21(24)10-11;1-3(2)4/h3-10H,1-2H3,(H,22,23);1-2H3. The van der Waals surface area contributed by atoms with Gasteiger partial charge in [-0.2, -0.15) is 14.7 Å². The Balaban J connectivity index is 0.000000785. The number of nitrogens with zero attached hydrogens (tertiary/aromatic N) is 3. The molecule has 3 aromatic rings. The van der Waals surface area contributed by atoms with Gasteiger partial charge in [0.05, 0.1) is 20.3 Å².